The van der Waals surface area contributed by atoms with Gasteiger partial charge in [-0.1, -0.05) is 34.8 Å². The van der Waals surface area contributed by atoms with Crippen molar-refractivity contribution in [3.8, 4) is 0 Å². The Morgan fingerprint density at radius 1 is 0.800 bits per heavy atom. The van der Waals surface area contributed by atoms with Crippen molar-refractivity contribution < 1.29 is 31.5 Å². The fourth-order valence-corrected chi connectivity index (χ4v) is 2.54. The zero-order valence-electron chi connectivity index (χ0n) is 11.9. The Morgan fingerprint density at radius 2 is 1.28 bits per heavy atom. The third-order valence-corrected chi connectivity index (χ3v) is 4.34. The molecule has 0 fully saturated rings. The normalized spacial score (nSPS) is 10.9. The fourth-order valence-electron chi connectivity index (χ4n) is 1.86. The van der Waals surface area contributed by atoms with Crippen LogP contribution in [0.25, 0.3) is 0 Å². The molecule has 0 saturated heterocycles. The SMILES string of the molecule is O=C(Cc1c(Cl)ccc(Cl)c1Cl)OCc1c(F)c(F)c(F)c(F)c1F. The monoisotopic (exact) mass is 418 g/mol. The summed E-state index contributed by atoms with van der Waals surface area (Å²) in [5, 5.41) is 0.165. The van der Waals surface area contributed by atoms with Crippen LogP contribution >= 0.6 is 34.8 Å². The van der Waals surface area contributed by atoms with Crippen LogP contribution in [-0.4, -0.2) is 5.97 Å². The van der Waals surface area contributed by atoms with Gasteiger partial charge in [0.25, 0.3) is 0 Å². The molecular formula is C15H6Cl3F5O2. The third kappa shape index (κ3) is 3.99. The first-order chi connectivity index (χ1) is 11.6. The minimum Gasteiger partial charge on any atom is -0.460 e. The van der Waals surface area contributed by atoms with Gasteiger partial charge in [-0.05, 0) is 12.1 Å². The summed E-state index contributed by atoms with van der Waals surface area (Å²) in [5.74, 6) is -11.8. The highest BCUT2D eigenvalue weighted by molar-refractivity contribution is 6.44. The highest BCUT2D eigenvalue weighted by Crippen LogP contribution is 2.32. The summed E-state index contributed by atoms with van der Waals surface area (Å²) < 4.78 is 70.6. The molecule has 2 rings (SSSR count). The van der Waals surface area contributed by atoms with E-state index in [2.05, 4.69) is 4.74 Å². The summed E-state index contributed by atoms with van der Waals surface area (Å²) in [7, 11) is 0. The summed E-state index contributed by atoms with van der Waals surface area (Å²) in [6, 6.07) is 2.75. The van der Waals surface area contributed by atoms with Gasteiger partial charge in [0.05, 0.1) is 22.0 Å². The molecule has 2 aromatic rings. The smallest absolute Gasteiger partial charge is 0.310 e. The predicted molar refractivity (Wildman–Crippen MR) is 81.2 cm³/mol. The van der Waals surface area contributed by atoms with Crippen molar-refractivity contribution in [1.29, 1.82) is 0 Å². The van der Waals surface area contributed by atoms with Gasteiger partial charge in [0, 0.05) is 10.6 Å². The predicted octanol–water partition coefficient (Wildman–Crippen LogP) is 5.63. The first-order valence-corrected chi connectivity index (χ1v) is 7.56. The van der Waals surface area contributed by atoms with Crippen LogP contribution in [0, 0.1) is 29.1 Å². The number of esters is 1. The van der Waals surface area contributed by atoms with E-state index < -0.39 is 53.6 Å². The summed E-state index contributed by atoms with van der Waals surface area (Å²) >= 11 is 17.5. The van der Waals surface area contributed by atoms with Crippen LogP contribution in [0.5, 0.6) is 0 Å². The molecule has 0 saturated carbocycles. The van der Waals surface area contributed by atoms with Crippen LogP contribution in [0.4, 0.5) is 22.0 Å². The number of carbonyl (C=O) groups excluding carboxylic acids is 1. The second kappa shape index (κ2) is 7.76. The van der Waals surface area contributed by atoms with Crippen molar-refractivity contribution in [2.24, 2.45) is 0 Å². The van der Waals surface area contributed by atoms with Gasteiger partial charge in [-0.25, -0.2) is 22.0 Å². The lowest BCUT2D eigenvalue weighted by Crippen LogP contribution is -2.13. The molecule has 2 aromatic carbocycles. The first-order valence-electron chi connectivity index (χ1n) is 6.43. The van der Waals surface area contributed by atoms with Gasteiger partial charge >= 0.3 is 5.97 Å². The Bertz CT molecular complexity index is 829. The van der Waals surface area contributed by atoms with Crippen molar-refractivity contribution in [3.63, 3.8) is 0 Å². The molecule has 0 radical (unpaired) electrons. The molecule has 0 aliphatic carbocycles. The summed E-state index contributed by atoms with van der Waals surface area (Å²) in [4.78, 5) is 11.8. The quantitative estimate of drug-likeness (QED) is 0.278. The molecule has 10 heteroatoms. The van der Waals surface area contributed by atoms with Gasteiger partial charge in [-0.15, -0.1) is 0 Å². The Morgan fingerprint density at radius 3 is 1.84 bits per heavy atom. The Kier molecular flexibility index (Phi) is 6.13. The molecule has 0 bridgehead atoms. The fraction of sp³-hybridized carbons (Fsp3) is 0.133. The molecule has 0 atom stereocenters. The molecule has 0 unspecified atom stereocenters. The van der Waals surface area contributed by atoms with Crippen LogP contribution in [0.1, 0.15) is 11.1 Å². The van der Waals surface area contributed by atoms with Crippen molar-refractivity contribution in [2.45, 2.75) is 13.0 Å². The van der Waals surface area contributed by atoms with Crippen LogP contribution in [0.15, 0.2) is 12.1 Å². The highest BCUT2D eigenvalue weighted by Gasteiger charge is 2.26. The summed E-state index contributed by atoms with van der Waals surface area (Å²) in [5.41, 5.74) is -1.17. The number of halogens is 8. The second-order valence-corrected chi connectivity index (χ2v) is 5.90. The van der Waals surface area contributed by atoms with E-state index in [1.807, 2.05) is 0 Å². The van der Waals surface area contributed by atoms with E-state index in [1.165, 1.54) is 12.1 Å². The largest absolute Gasteiger partial charge is 0.460 e. The van der Waals surface area contributed by atoms with Crippen LogP contribution in [-0.2, 0) is 22.6 Å². The minimum absolute atomic E-state index is 0.0256. The highest BCUT2D eigenvalue weighted by atomic mass is 35.5. The zero-order valence-corrected chi connectivity index (χ0v) is 14.2. The number of benzene rings is 2. The molecule has 0 N–H and O–H groups in total. The lowest BCUT2D eigenvalue weighted by molar-refractivity contribution is -0.144. The number of ether oxygens (including phenoxy) is 1. The van der Waals surface area contributed by atoms with E-state index in [0.717, 1.165) is 0 Å². The van der Waals surface area contributed by atoms with E-state index in [0.29, 0.717) is 0 Å². The lowest BCUT2D eigenvalue weighted by Gasteiger charge is -2.11. The maximum Gasteiger partial charge on any atom is 0.310 e. The van der Waals surface area contributed by atoms with Crippen molar-refractivity contribution >= 4 is 40.8 Å². The molecule has 0 spiro atoms. The van der Waals surface area contributed by atoms with Gasteiger partial charge in [-0.3, -0.25) is 4.79 Å². The molecule has 134 valence electrons. The van der Waals surface area contributed by atoms with Gasteiger partial charge < -0.3 is 4.74 Å². The van der Waals surface area contributed by atoms with Crippen LogP contribution in [0.2, 0.25) is 15.1 Å². The Balaban J connectivity index is 2.18. The average molecular weight is 420 g/mol. The maximum absolute atomic E-state index is 13.5. The van der Waals surface area contributed by atoms with E-state index in [9.17, 15) is 26.7 Å². The van der Waals surface area contributed by atoms with Crippen LogP contribution in [0.3, 0.4) is 0 Å². The maximum atomic E-state index is 13.5. The second-order valence-electron chi connectivity index (χ2n) is 4.71. The molecule has 0 amide bonds. The number of hydrogen-bond donors (Lipinski definition) is 0. The lowest BCUT2D eigenvalue weighted by atomic mass is 10.1. The number of rotatable bonds is 4. The van der Waals surface area contributed by atoms with E-state index >= 15 is 0 Å². The number of carbonyl (C=O) groups is 1. The van der Waals surface area contributed by atoms with E-state index in [1.54, 1.807) is 0 Å². The van der Waals surface area contributed by atoms with Crippen molar-refractivity contribution in [2.75, 3.05) is 0 Å². The zero-order chi connectivity index (χ0) is 18.9. The van der Waals surface area contributed by atoms with E-state index in [4.69, 9.17) is 34.8 Å². The molecule has 0 heterocycles. The molecule has 2 nitrogen and oxygen atoms in total. The third-order valence-electron chi connectivity index (χ3n) is 3.14. The van der Waals surface area contributed by atoms with Crippen molar-refractivity contribution in [3.05, 3.63) is 67.4 Å². The molecule has 0 aliphatic rings. The Hall–Kier alpha value is -1.57. The molecular weight excluding hydrogens is 414 g/mol. The first kappa shape index (κ1) is 19.8. The molecule has 0 aromatic heterocycles. The minimum atomic E-state index is -2.30. The Labute approximate surface area is 153 Å². The van der Waals surface area contributed by atoms with Gasteiger partial charge in [0.1, 0.15) is 6.61 Å². The number of hydrogen-bond acceptors (Lipinski definition) is 2. The van der Waals surface area contributed by atoms with Crippen molar-refractivity contribution in [1.82, 2.24) is 0 Å². The molecule has 0 aliphatic heterocycles. The van der Waals surface area contributed by atoms with Gasteiger partial charge in [0.15, 0.2) is 23.3 Å². The van der Waals surface area contributed by atoms with E-state index in [-0.39, 0.29) is 20.6 Å². The topological polar surface area (TPSA) is 26.3 Å². The average Bonchev–Trinajstić information content (AvgIpc) is 2.58. The van der Waals surface area contributed by atoms with Crippen LogP contribution < -0.4 is 0 Å². The van der Waals surface area contributed by atoms with Gasteiger partial charge in [-0.2, -0.15) is 0 Å². The standard InChI is InChI=1S/C15H6Cl3F5O2/c16-7-1-2-8(17)10(18)5(7)3-9(24)25-4-6-11(19)13(21)15(23)14(22)12(6)20/h1-2H,3-4H2. The summed E-state index contributed by atoms with van der Waals surface area (Å²) in [6.45, 7) is -1.17. The summed E-state index contributed by atoms with van der Waals surface area (Å²) in [6.07, 6.45) is -0.520. The molecule has 25 heavy (non-hydrogen) atoms. The van der Waals surface area contributed by atoms with Gasteiger partial charge in [0.2, 0.25) is 5.82 Å².